The summed E-state index contributed by atoms with van der Waals surface area (Å²) in [4.78, 5) is 22.0. The Balaban J connectivity index is 1.53. The predicted octanol–water partition coefficient (Wildman–Crippen LogP) is 4.37. The minimum atomic E-state index is -3.53. The Bertz CT molecular complexity index is 1390. The van der Waals surface area contributed by atoms with E-state index in [2.05, 4.69) is 15.3 Å². The van der Waals surface area contributed by atoms with Crippen molar-refractivity contribution in [3.05, 3.63) is 70.7 Å². The molecule has 0 aliphatic carbocycles. The van der Waals surface area contributed by atoms with Crippen LogP contribution in [-0.2, 0) is 16.4 Å². The van der Waals surface area contributed by atoms with Gasteiger partial charge in [-0.1, -0.05) is 54.1 Å². The Hall–Kier alpha value is -3.01. The van der Waals surface area contributed by atoms with E-state index in [9.17, 15) is 13.2 Å². The summed E-state index contributed by atoms with van der Waals surface area (Å²) in [5, 5.41) is 5.52. The smallest absolute Gasteiger partial charge is 0.276 e. The van der Waals surface area contributed by atoms with E-state index in [0.29, 0.717) is 21.4 Å². The molecule has 0 saturated carbocycles. The maximum Gasteiger partial charge on any atom is 0.276 e. The summed E-state index contributed by atoms with van der Waals surface area (Å²) in [6.07, 6.45) is 0. The van der Waals surface area contributed by atoms with E-state index in [1.807, 2.05) is 35.7 Å². The van der Waals surface area contributed by atoms with Gasteiger partial charge < -0.3 is 4.57 Å². The van der Waals surface area contributed by atoms with Crippen molar-refractivity contribution in [1.82, 2.24) is 14.5 Å². The number of halogens is 1. The highest BCUT2D eigenvalue weighted by molar-refractivity contribution is 7.91. The predicted molar refractivity (Wildman–Crippen MR) is 120 cm³/mol. The summed E-state index contributed by atoms with van der Waals surface area (Å²) in [7, 11) is -3.53. The zero-order valence-electron chi connectivity index (χ0n) is 15.9. The number of benzene rings is 2. The van der Waals surface area contributed by atoms with Gasteiger partial charge in [-0.05, 0) is 12.1 Å². The molecule has 1 aliphatic heterocycles. The molecule has 2 aromatic carbocycles. The lowest BCUT2D eigenvalue weighted by Gasteiger charge is -2.07. The lowest BCUT2D eigenvalue weighted by Crippen LogP contribution is -2.17. The second kappa shape index (κ2) is 7.60. The molecule has 10 heteroatoms. The third-order valence-electron chi connectivity index (χ3n) is 4.92. The van der Waals surface area contributed by atoms with Gasteiger partial charge in [0.2, 0.25) is 15.0 Å². The van der Waals surface area contributed by atoms with Gasteiger partial charge in [0.25, 0.3) is 5.91 Å². The molecule has 7 nitrogen and oxygen atoms in total. The number of rotatable bonds is 4. The molecular formula is C21H15ClN4O3S2. The van der Waals surface area contributed by atoms with Crippen molar-refractivity contribution < 1.29 is 13.2 Å². The minimum absolute atomic E-state index is 0.0775. The molecule has 0 spiro atoms. The molecule has 4 aromatic rings. The van der Waals surface area contributed by atoms with Crippen LogP contribution < -0.4 is 5.32 Å². The monoisotopic (exact) mass is 470 g/mol. The van der Waals surface area contributed by atoms with E-state index in [1.165, 1.54) is 15.9 Å². The number of hydrogen-bond donors (Lipinski definition) is 1. The molecule has 0 unspecified atom stereocenters. The molecular weight excluding hydrogens is 456 g/mol. The van der Waals surface area contributed by atoms with E-state index in [1.54, 1.807) is 24.3 Å². The van der Waals surface area contributed by atoms with Crippen LogP contribution in [0.3, 0.4) is 0 Å². The number of thiazole rings is 1. The number of nitrogens with zero attached hydrogens (tertiary/aromatic N) is 3. The van der Waals surface area contributed by atoms with Gasteiger partial charge in [0.1, 0.15) is 11.4 Å². The summed E-state index contributed by atoms with van der Waals surface area (Å²) in [6, 6.07) is 16.4. The first-order valence-corrected chi connectivity index (χ1v) is 12.2. The largest absolute Gasteiger partial charge is 0.309 e. The van der Waals surface area contributed by atoms with Crippen molar-refractivity contribution in [2.24, 2.45) is 0 Å². The minimum Gasteiger partial charge on any atom is -0.309 e. The third kappa shape index (κ3) is 3.65. The molecule has 1 N–H and O–H groups in total. The first-order chi connectivity index (χ1) is 14.9. The second-order valence-electron chi connectivity index (χ2n) is 6.93. The average molecular weight is 471 g/mol. The van der Waals surface area contributed by atoms with Gasteiger partial charge in [0.05, 0.1) is 11.4 Å². The van der Waals surface area contributed by atoms with Crippen molar-refractivity contribution in [1.29, 1.82) is 0 Å². The number of sulfone groups is 1. The first kappa shape index (κ1) is 19.9. The van der Waals surface area contributed by atoms with Crippen LogP contribution in [0.25, 0.3) is 22.5 Å². The van der Waals surface area contributed by atoms with Crippen LogP contribution in [-0.4, -0.2) is 34.6 Å². The van der Waals surface area contributed by atoms with Crippen molar-refractivity contribution in [3.63, 3.8) is 0 Å². The zero-order chi connectivity index (χ0) is 21.6. The molecule has 5 rings (SSSR count). The molecule has 1 aliphatic rings. The lowest BCUT2D eigenvalue weighted by atomic mass is 10.1. The fraction of sp³-hybridized carbons (Fsp3) is 0.0952. The van der Waals surface area contributed by atoms with Crippen molar-refractivity contribution in [2.45, 2.75) is 11.7 Å². The highest BCUT2D eigenvalue weighted by Gasteiger charge is 2.35. The van der Waals surface area contributed by atoms with Crippen LogP contribution in [0.15, 0.2) is 65.1 Å². The molecule has 0 fully saturated rings. The third-order valence-corrected chi connectivity index (χ3v) is 7.52. The Morgan fingerprint density at radius 2 is 1.77 bits per heavy atom. The highest BCUT2D eigenvalue weighted by Crippen LogP contribution is 2.32. The van der Waals surface area contributed by atoms with E-state index in [4.69, 9.17) is 11.6 Å². The maximum atomic E-state index is 13.2. The number of hydrogen-bond acceptors (Lipinski definition) is 6. The summed E-state index contributed by atoms with van der Waals surface area (Å²) in [5.74, 6) is -0.541. The zero-order valence-corrected chi connectivity index (χ0v) is 18.3. The molecule has 156 valence electrons. The Morgan fingerprint density at radius 3 is 2.52 bits per heavy atom. The fourth-order valence-corrected chi connectivity index (χ4v) is 5.64. The number of imidazole rings is 1. The Morgan fingerprint density at radius 1 is 1.03 bits per heavy atom. The van der Waals surface area contributed by atoms with Crippen LogP contribution in [0.2, 0.25) is 5.02 Å². The molecule has 0 saturated heterocycles. The molecule has 1 amide bonds. The van der Waals surface area contributed by atoms with Crippen LogP contribution in [0, 0.1) is 0 Å². The number of fused-ring (bicyclic) bond motifs is 1. The van der Waals surface area contributed by atoms with Gasteiger partial charge in [-0.15, -0.1) is 11.3 Å². The molecule has 0 atom stereocenters. The van der Waals surface area contributed by atoms with Gasteiger partial charge in [0.15, 0.2) is 5.13 Å². The number of aromatic nitrogens is 3. The topological polar surface area (TPSA) is 93.9 Å². The normalized spacial score (nSPS) is 14.4. The van der Waals surface area contributed by atoms with Gasteiger partial charge >= 0.3 is 0 Å². The average Bonchev–Trinajstić information content (AvgIpc) is 3.45. The number of carbonyl (C=O) groups is 1. The number of nitrogens with one attached hydrogen (secondary N) is 1. The Labute approximate surface area is 187 Å². The van der Waals surface area contributed by atoms with Gasteiger partial charge in [-0.2, -0.15) is 0 Å². The van der Waals surface area contributed by atoms with E-state index < -0.39 is 15.7 Å². The van der Waals surface area contributed by atoms with Gasteiger partial charge in [0, 0.05) is 28.1 Å². The highest BCUT2D eigenvalue weighted by atomic mass is 35.5. The molecule has 3 heterocycles. The summed E-state index contributed by atoms with van der Waals surface area (Å²) in [6.45, 7) is 0.175. The molecule has 0 radical (unpaired) electrons. The quantitative estimate of drug-likeness (QED) is 0.478. The van der Waals surface area contributed by atoms with Crippen LogP contribution in [0.1, 0.15) is 10.5 Å². The molecule has 2 aromatic heterocycles. The maximum absolute atomic E-state index is 13.2. The number of anilines is 1. The van der Waals surface area contributed by atoms with E-state index in [-0.39, 0.29) is 23.1 Å². The van der Waals surface area contributed by atoms with E-state index in [0.717, 1.165) is 11.3 Å². The molecule has 0 bridgehead atoms. The summed E-state index contributed by atoms with van der Waals surface area (Å²) < 4.78 is 26.3. The fourth-order valence-electron chi connectivity index (χ4n) is 3.45. The van der Waals surface area contributed by atoms with Crippen LogP contribution in [0.4, 0.5) is 5.13 Å². The van der Waals surface area contributed by atoms with Gasteiger partial charge in [-0.25, -0.2) is 18.4 Å². The summed E-state index contributed by atoms with van der Waals surface area (Å²) in [5.41, 5.74) is 2.79. The van der Waals surface area contributed by atoms with E-state index >= 15 is 0 Å². The second-order valence-corrected chi connectivity index (χ2v) is 10.2. The van der Waals surface area contributed by atoms with Crippen molar-refractivity contribution >= 4 is 43.8 Å². The SMILES string of the molecule is O=C(Nc1nc(-c2ccccc2)cs1)c1c(-c2ccc(Cl)cc2)nc2n1CCS2(=O)=O. The summed E-state index contributed by atoms with van der Waals surface area (Å²) >= 11 is 7.27. The standard InChI is InChI=1S/C21H15ClN4O3S2/c22-15-8-6-14(7-9-15)17-18(26-10-11-31(28,29)21(26)24-17)19(27)25-20-23-16(12-30-20)13-4-2-1-3-5-13/h1-9,12H,10-11H2,(H,23,25,27). The number of carbonyl (C=O) groups excluding carboxylic acids is 1. The van der Waals surface area contributed by atoms with Crippen molar-refractivity contribution in [2.75, 3.05) is 11.1 Å². The lowest BCUT2D eigenvalue weighted by molar-refractivity contribution is 0.101. The van der Waals surface area contributed by atoms with Crippen LogP contribution in [0.5, 0.6) is 0 Å². The first-order valence-electron chi connectivity index (χ1n) is 9.34. The van der Waals surface area contributed by atoms with Gasteiger partial charge in [-0.3, -0.25) is 10.1 Å². The molecule has 31 heavy (non-hydrogen) atoms. The Kier molecular flexibility index (Phi) is 4.88. The number of amides is 1. The van der Waals surface area contributed by atoms with Crippen LogP contribution >= 0.6 is 22.9 Å². The van der Waals surface area contributed by atoms with Crippen molar-refractivity contribution in [3.8, 4) is 22.5 Å².